The number of fused-ring (bicyclic) bond motifs is 4. The van der Waals surface area contributed by atoms with E-state index < -0.39 is 0 Å². The Balaban J connectivity index is 1.41. The summed E-state index contributed by atoms with van der Waals surface area (Å²) in [6.45, 7) is 10.7. The first-order valence-corrected chi connectivity index (χ1v) is 9.57. The van der Waals surface area contributed by atoms with Crippen LogP contribution < -0.4 is 10.6 Å². The zero-order valence-electron chi connectivity index (χ0n) is 15.9. The molecule has 5 nitrogen and oxygen atoms in total. The van der Waals surface area contributed by atoms with Crippen LogP contribution in [0, 0.1) is 25.2 Å². The number of aromatic nitrogens is 1. The molecule has 5 rings (SSSR count). The summed E-state index contributed by atoms with van der Waals surface area (Å²) in [7, 11) is 0. The van der Waals surface area contributed by atoms with Crippen molar-refractivity contribution < 1.29 is 4.79 Å². The Morgan fingerprint density at radius 3 is 2.73 bits per heavy atom. The molecule has 0 unspecified atom stereocenters. The van der Waals surface area contributed by atoms with Crippen LogP contribution in [0.2, 0.25) is 0 Å². The van der Waals surface area contributed by atoms with Gasteiger partial charge >= 0.3 is 6.03 Å². The van der Waals surface area contributed by atoms with Gasteiger partial charge in [0.1, 0.15) is 5.82 Å². The van der Waals surface area contributed by atoms with E-state index >= 15 is 0 Å². The molecular weight excluding hydrogens is 324 g/mol. The molecule has 1 atom stereocenters. The van der Waals surface area contributed by atoms with Crippen molar-refractivity contribution in [2.75, 3.05) is 31.5 Å². The fourth-order valence-electron chi connectivity index (χ4n) is 4.77. The van der Waals surface area contributed by atoms with E-state index in [4.69, 9.17) is 0 Å². The molecule has 3 aliphatic heterocycles. The van der Waals surface area contributed by atoms with Crippen LogP contribution in [0.5, 0.6) is 0 Å². The predicted molar refractivity (Wildman–Crippen MR) is 106 cm³/mol. The number of piperidine rings is 3. The van der Waals surface area contributed by atoms with Crippen molar-refractivity contribution in [3.8, 4) is 0 Å². The van der Waals surface area contributed by atoms with Gasteiger partial charge in [0.25, 0.3) is 0 Å². The number of nitrogens with zero attached hydrogens (tertiary/aromatic N) is 2. The van der Waals surface area contributed by atoms with Crippen LogP contribution in [0.15, 0.2) is 24.4 Å². The largest absolute Gasteiger partial charge is 0.337 e. The van der Waals surface area contributed by atoms with E-state index in [9.17, 15) is 4.79 Å². The van der Waals surface area contributed by atoms with Gasteiger partial charge in [-0.25, -0.2) is 9.78 Å². The maximum absolute atomic E-state index is 12.4. The van der Waals surface area contributed by atoms with Gasteiger partial charge in [-0.2, -0.15) is 0 Å². The van der Waals surface area contributed by atoms with Crippen molar-refractivity contribution >= 4 is 22.6 Å². The Bertz CT molecular complexity index is 841. The number of amides is 2. The highest BCUT2D eigenvalue weighted by atomic mass is 16.2. The first-order chi connectivity index (χ1) is 12.4. The van der Waals surface area contributed by atoms with Gasteiger partial charge in [-0.05, 0) is 62.7 Å². The minimum atomic E-state index is -0.168. The van der Waals surface area contributed by atoms with Crippen LogP contribution in [0.3, 0.4) is 0 Å². The molecule has 1 aromatic carbocycles. The fourth-order valence-corrected chi connectivity index (χ4v) is 4.77. The standard InChI is InChI=1S/C21H28N4O/c1-14-8-15(2)18-11-22-19(10-16(18)9-14)24-20(26)23-12-21(3)13-25-6-4-17(21)5-7-25/h8-11,17H,4-7,12-13H2,1-3H3,(H2,22,23,24,26)/t21-/m1/s1. The van der Waals surface area contributed by atoms with Gasteiger partial charge in [0.2, 0.25) is 0 Å². The van der Waals surface area contributed by atoms with Gasteiger partial charge in [-0.1, -0.05) is 24.6 Å². The lowest BCUT2D eigenvalue weighted by molar-refractivity contribution is -0.0140. The number of carbonyl (C=O) groups excluding carboxylic acids is 1. The van der Waals surface area contributed by atoms with Crippen molar-refractivity contribution in [2.24, 2.45) is 11.3 Å². The van der Waals surface area contributed by atoms with E-state index in [1.54, 1.807) is 0 Å². The third-order valence-electron chi connectivity index (χ3n) is 6.24. The third kappa shape index (κ3) is 3.28. The molecule has 0 radical (unpaired) electrons. The van der Waals surface area contributed by atoms with E-state index in [0.717, 1.165) is 23.2 Å². The number of pyridine rings is 1. The van der Waals surface area contributed by atoms with E-state index in [1.165, 1.54) is 37.1 Å². The summed E-state index contributed by atoms with van der Waals surface area (Å²) < 4.78 is 0. The van der Waals surface area contributed by atoms with E-state index in [0.29, 0.717) is 12.4 Å². The van der Waals surface area contributed by atoms with Crippen molar-refractivity contribution in [3.63, 3.8) is 0 Å². The van der Waals surface area contributed by atoms with E-state index in [-0.39, 0.29) is 11.4 Å². The Morgan fingerprint density at radius 2 is 2.04 bits per heavy atom. The Morgan fingerprint density at radius 1 is 1.27 bits per heavy atom. The predicted octanol–water partition coefficient (Wildman–Crippen LogP) is 3.71. The number of rotatable bonds is 3. The summed E-state index contributed by atoms with van der Waals surface area (Å²) in [6, 6.07) is 6.06. The second-order valence-corrected chi connectivity index (χ2v) is 8.38. The second-order valence-electron chi connectivity index (χ2n) is 8.38. The molecule has 4 heterocycles. The minimum Gasteiger partial charge on any atom is -0.337 e. The van der Waals surface area contributed by atoms with Crippen LogP contribution in [-0.4, -0.2) is 42.1 Å². The van der Waals surface area contributed by atoms with Gasteiger partial charge in [0.15, 0.2) is 0 Å². The molecular formula is C21H28N4O. The van der Waals surface area contributed by atoms with E-state index in [1.807, 2.05) is 12.3 Å². The Labute approximate surface area is 155 Å². The fraction of sp³-hybridized carbons (Fsp3) is 0.524. The monoisotopic (exact) mass is 352 g/mol. The molecule has 1 aromatic heterocycles. The number of hydrogen-bond acceptors (Lipinski definition) is 3. The highest BCUT2D eigenvalue weighted by Gasteiger charge is 2.43. The molecule has 0 saturated carbocycles. The second kappa shape index (κ2) is 6.54. The molecule has 2 amide bonds. The van der Waals surface area contributed by atoms with Crippen LogP contribution in [0.4, 0.5) is 10.6 Å². The van der Waals surface area contributed by atoms with E-state index in [2.05, 4.69) is 53.4 Å². The smallest absolute Gasteiger partial charge is 0.320 e. The number of carbonyl (C=O) groups is 1. The number of anilines is 1. The van der Waals surface area contributed by atoms with Gasteiger partial charge in [-0.15, -0.1) is 0 Å². The van der Waals surface area contributed by atoms with Gasteiger partial charge in [0.05, 0.1) is 0 Å². The zero-order chi connectivity index (χ0) is 18.3. The average Bonchev–Trinajstić information content (AvgIpc) is 2.60. The third-order valence-corrected chi connectivity index (χ3v) is 6.24. The SMILES string of the molecule is Cc1cc(C)c2cnc(NC(=O)NC[C@]3(C)CN4CCC3CC4)cc2c1. The molecule has 0 spiro atoms. The van der Waals surface area contributed by atoms with Crippen molar-refractivity contribution in [1.82, 2.24) is 15.2 Å². The molecule has 2 aromatic rings. The highest BCUT2D eigenvalue weighted by Crippen LogP contribution is 2.41. The molecule has 5 heteroatoms. The molecule has 138 valence electrons. The average molecular weight is 352 g/mol. The van der Waals surface area contributed by atoms with Gasteiger partial charge < -0.3 is 10.2 Å². The molecule has 3 aliphatic rings. The summed E-state index contributed by atoms with van der Waals surface area (Å²) in [5, 5.41) is 8.21. The summed E-state index contributed by atoms with van der Waals surface area (Å²) in [5.41, 5.74) is 2.60. The Hall–Kier alpha value is -2.14. The van der Waals surface area contributed by atoms with Crippen molar-refractivity contribution in [1.29, 1.82) is 0 Å². The van der Waals surface area contributed by atoms with Crippen molar-refractivity contribution in [3.05, 3.63) is 35.5 Å². The number of aryl methyl sites for hydroxylation is 2. The number of urea groups is 1. The Kier molecular flexibility index (Phi) is 4.35. The normalized spacial score (nSPS) is 27.5. The van der Waals surface area contributed by atoms with Crippen molar-refractivity contribution in [2.45, 2.75) is 33.6 Å². The molecule has 0 aliphatic carbocycles. The number of hydrogen-bond donors (Lipinski definition) is 2. The minimum absolute atomic E-state index is 0.168. The maximum atomic E-state index is 12.4. The molecule has 3 saturated heterocycles. The lowest BCUT2D eigenvalue weighted by Gasteiger charge is -2.51. The summed E-state index contributed by atoms with van der Waals surface area (Å²) in [4.78, 5) is 19.3. The summed E-state index contributed by atoms with van der Waals surface area (Å²) >= 11 is 0. The highest BCUT2D eigenvalue weighted by molar-refractivity contribution is 5.92. The quantitative estimate of drug-likeness (QED) is 0.885. The molecule has 3 fully saturated rings. The summed E-state index contributed by atoms with van der Waals surface area (Å²) in [5.74, 6) is 1.32. The van der Waals surface area contributed by atoms with Crippen LogP contribution >= 0.6 is 0 Å². The lowest BCUT2D eigenvalue weighted by atomic mass is 9.68. The number of benzene rings is 1. The molecule has 2 N–H and O–H groups in total. The first-order valence-electron chi connectivity index (χ1n) is 9.57. The lowest BCUT2D eigenvalue weighted by Crippen LogP contribution is -2.57. The van der Waals surface area contributed by atoms with Gasteiger partial charge in [0, 0.05) is 30.1 Å². The van der Waals surface area contributed by atoms with Crippen LogP contribution in [0.25, 0.3) is 10.8 Å². The van der Waals surface area contributed by atoms with Crippen LogP contribution in [-0.2, 0) is 0 Å². The topological polar surface area (TPSA) is 57.3 Å². The maximum Gasteiger partial charge on any atom is 0.320 e. The number of nitrogens with one attached hydrogen (secondary N) is 2. The molecule has 2 bridgehead atoms. The zero-order valence-corrected chi connectivity index (χ0v) is 15.9. The first kappa shape index (κ1) is 17.3. The van der Waals surface area contributed by atoms with Crippen LogP contribution in [0.1, 0.15) is 30.9 Å². The van der Waals surface area contributed by atoms with Gasteiger partial charge in [-0.3, -0.25) is 5.32 Å². The summed E-state index contributed by atoms with van der Waals surface area (Å²) in [6.07, 6.45) is 4.35. The molecule has 26 heavy (non-hydrogen) atoms.